The Morgan fingerprint density at radius 3 is 2.61 bits per heavy atom. The fourth-order valence-corrected chi connectivity index (χ4v) is 3.11. The number of benzene rings is 1. The minimum absolute atomic E-state index is 0.0704. The van der Waals surface area contributed by atoms with Gasteiger partial charge in [-0.05, 0) is 50.6 Å². The maximum atomic E-state index is 5.60. The van der Waals surface area contributed by atoms with E-state index in [-0.39, 0.29) is 6.17 Å². The van der Waals surface area contributed by atoms with Gasteiger partial charge in [0.1, 0.15) is 29.6 Å². The molecule has 1 atom stereocenters. The second-order valence-corrected chi connectivity index (χ2v) is 6.78. The molecule has 0 bridgehead atoms. The third-order valence-electron chi connectivity index (χ3n) is 4.61. The number of nitrogens with zero attached hydrogens (tertiary/aromatic N) is 5. The predicted octanol–water partition coefficient (Wildman–Crippen LogP) is 4.14. The van der Waals surface area contributed by atoms with E-state index in [1.165, 1.54) is 6.33 Å². The van der Waals surface area contributed by atoms with Crippen LogP contribution in [0.15, 0.2) is 49.1 Å². The first-order chi connectivity index (χ1) is 13.5. The van der Waals surface area contributed by atoms with Crippen LogP contribution in [0.5, 0.6) is 5.75 Å². The zero-order valence-corrected chi connectivity index (χ0v) is 16.3. The smallest absolute Gasteiger partial charge is 0.145 e. The van der Waals surface area contributed by atoms with Gasteiger partial charge in [-0.15, -0.1) is 0 Å². The van der Waals surface area contributed by atoms with Crippen LogP contribution in [0, 0.1) is 13.8 Å². The summed E-state index contributed by atoms with van der Waals surface area (Å²) in [6.45, 7) is 6.02. The largest absolute Gasteiger partial charge is 0.494 e. The van der Waals surface area contributed by atoms with Crippen LogP contribution in [0.1, 0.15) is 24.3 Å². The van der Waals surface area contributed by atoms with Crippen molar-refractivity contribution in [2.45, 2.75) is 26.9 Å². The van der Waals surface area contributed by atoms with Crippen molar-refractivity contribution in [2.24, 2.45) is 0 Å². The Kier molecular flexibility index (Phi) is 4.65. The first kappa shape index (κ1) is 17.9. The highest BCUT2D eigenvalue weighted by atomic mass is 16.5. The van der Waals surface area contributed by atoms with Gasteiger partial charge in [0.25, 0.3) is 0 Å². The summed E-state index contributed by atoms with van der Waals surface area (Å²) < 4.78 is 7.46. The standard InChI is InChI=1S/C21H22N6O/c1-13-5-6-18(22-11-13)16-9-17-20(19(10-16)28-4)23-12-24-21(17)25-15(3)27-8-7-14(2)26-27/h5-12,15H,1-4H3,(H,23,24,25)/t15-/m1/s1. The third kappa shape index (κ3) is 3.38. The highest BCUT2D eigenvalue weighted by Gasteiger charge is 2.14. The zero-order valence-electron chi connectivity index (χ0n) is 16.3. The van der Waals surface area contributed by atoms with E-state index in [4.69, 9.17) is 4.74 Å². The van der Waals surface area contributed by atoms with Crippen LogP contribution in [0.3, 0.4) is 0 Å². The maximum absolute atomic E-state index is 5.60. The summed E-state index contributed by atoms with van der Waals surface area (Å²) in [5.41, 5.74) is 4.65. The maximum Gasteiger partial charge on any atom is 0.145 e. The molecular formula is C21H22N6O. The van der Waals surface area contributed by atoms with Gasteiger partial charge >= 0.3 is 0 Å². The van der Waals surface area contributed by atoms with E-state index >= 15 is 0 Å². The lowest BCUT2D eigenvalue weighted by Crippen LogP contribution is -2.16. The fourth-order valence-electron chi connectivity index (χ4n) is 3.11. The lowest BCUT2D eigenvalue weighted by atomic mass is 10.1. The lowest BCUT2D eigenvalue weighted by molar-refractivity contribution is 0.419. The number of aromatic nitrogens is 5. The number of methoxy groups -OCH3 is 1. The Hall–Kier alpha value is -3.48. The van der Waals surface area contributed by atoms with Crippen LogP contribution in [-0.2, 0) is 0 Å². The van der Waals surface area contributed by atoms with Crippen LogP contribution < -0.4 is 10.1 Å². The summed E-state index contributed by atoms with van der Waals surface area (Å²) in [7, 11) is 1.64. The molecule has 3 heterocycles. The summed E-state index contributed by atoms with van der Waals surface area (Å²) >= 11 is 0. The van der Waals surface area contributed by atoms with E-state index in [0.29, 0.717) is 5.75 Å². The summed E-state index contributed by atoms with van der Waals surface area (Å²) in [5, 5.41) is 8.77. The summed E-state index contributed by atoms with van der Waals surface area (Å²) in [5.74, 6) is 1.40. The monoisotopic (exact) mass is 374 g/mol. The topological polar surface area (TPSA) is 77.8 Å². The zero-order chi connectivity index (χ0) is 19.7. The molecule has 0 fully saturated rings. The van der Waals surface area contributed by atoms with E-state index in [9.17, 15) is 0 Å². The van der Waals surface area contributed by atoms with E-state index in [2.05, 4.69) is 25.4 Å². The van der Waals surface area contributed by atoms with Gasteiger partial charge in [-0.25, -0.2) is 9.97 Å². The SMILES string of the molecule is COc1cc(-c2ccc(C)cn2)cc2c(N[C@@H](C)n3ccc(C)n3)ncnc12. The van der Waals surface area contributed by atoms with Crippen molar-refractivity contribution >= 4 is 16.7 Å². The Labute approximate surface area is 163 Å². The van der Waals surface area contributed by atoms with Gasteiger partial charge < -0.3 is 10.1 Å². The Morgan fingerprint density at radius 1 is 1.07 bits per heavy atom. The molecule has 7 heteroatoms. The number of anilines is 1. The molecule has 0 radical (unpaired) electrons. The molecule has 4 rings (SSSR count). The van der Waals surface area contributed by atoms with Crippen LogP contribution in [-0.4, -0.2) is 31.8 Å². The van der Waals surface area contributed by atoms with Gasteiger partial charge in [0.2, 0.25) is 0 Å². The summed E-state index contributed by atoms with van der Waals surface area (Å²) in [6, 6.07) is 10.0. The van der Waals surface area contributed by atoms with Crippen LogP contribution in [0.25, 0.3) is 22.2 Å². The molecule has 3 aromatic heterocycles. The Morgan fingerprint density at radius 2 is 1.93 bits per heavy atom. The molecule has 1 aromatic carbocycles. The number of hydrogen-bond donors (Lipinski definition) is 1. The third-order valence-corrected chi connectivity index (χ3v) is 4.61. The number of nitrogens with one attached hydrogen (secondary N) is 1. The van der Waals surface area contributed by atoms with Crippen molar-refractivity contribution < 1.29 is 4.74 Å². The molecule has 0 saturated carbocycles. The van der Waals surface area contributed by atoms with Crippen LogP contribution in [0.2, 0.25) is 0 Å². The van der Waals surface area contributed by atoms with Gasteiger partial charge in [0, 0.05) is 23.3 Å². The quantitative estimate of drug-likeness (QED) is 0.566. The van der Waals surface area contributed by atoms with Gasteiger partial charge in [-0.3, -0.25) is 9.67 Å². The molecule has 0 aliphatic carbocycles. The lowest BCUT2D eigenvalue weighted by Gasteiger charge is -2.17. The second-order valence-electron chi connectivity index (χ2n) is 6.78. The van der Waals surface area contributed by atoms with Crippen LogP contribution in [0.4, 0.5) is 5.82 Å². The Bertz CT molecular complexity index is 1120. The van der Waals surface area contributed by atoms with E-state index in [0.717, 1.165) is 39.2 Å². The van der Waals surface area contributed by atoms with Gasteiger partial charge in [0.05, 0.1) is 18.5 Å². The molecule has 0 saturated heterocycles. The fraction of sp³-hybridized carbons (Fsp3) is 0.238. The summed E-state index contributed by atoms with van der Waals surface area (Å²) in [6.07, 6.45) is 5.27. The van der Waals surface area contributed by atoms with E-state index in [1.54, 1.807) is 7.11 Å². The molecule has 0 unspecified atom stereocenters. The Balaban J connectivity index is 1.80. The van der Waals surface area contributed by atoms with Gasteiger partial charge in [0.15, 0.2) is 0 Å². The highest BCUT2D eigenvalue weighted by Crippen LogP contribution is 2.34. The first-order valence-corrected chi connectivity index (χ1v) is 9.09. The van der Waals surface area contributed by atoms with Crippen LogP contribution >= 0.6 is 0 Å². The number of rotatable bonds is 5. The molecular weight excluding hydrogens is 352 g/mol. The van der Waals surface area contributed by atoms with Gasteiger partial charge in [-0.1, -0.05) is 6.07 Å². The van der Waals surface area contributed by atoms with Crippen molar-refractivity contribution in [1.29, 1.82) is 0 Å². The average molecular weight is 374 g/mol. The molecule has 28 heavy (non-hydrogen) atoms. The van der Waals surface area contributed by atoms with Gasteiger partial charge in [-0.2, -0.15) is 5.10 Å². The normalized spacial score (nSPS) is 12.1. The van der Waals surface area contributed by atoms with E-state index < -0.39 is 0 Å². The highest BCUT2D eigenvalue weighted by molar-refractivity contribution is 5.96. The number of hydrogen-bond acceptors (Lipinski definition) is 6. The predicted molar refractivity (Wildman–Crippen MR) is 109 cm³/mol. The van der Waals surface area contributed by atoms with Crippen molar-refractivity contribution in [1.82, 2.24) is 24.7 Å². The minimum atomic E-state index is -0.0704. The molecule has 4 aromatic rings. The number of fused-ring (bicyclic) bond motifs is 1. The van der Waals surface area contributed by atoms with E-state index in [1.807, 2.05) is 68.2 Å². The summed E-state index contributed by atoms with van der Waals surface area (Å²) in [4.78, 5) is 13.4. The van der Waals surface area contributed by atoms with Crippen molar-refractivity contribution in [3.63, 3.8) is 0 Å². The molecule has 7 nitrogen and oxygen atoms in total. The second kappa shape index (κ2) is 7.26. The molecule has 1 N–H and O–H groups in total. The minimum Gasteiger partial charge on any atom is -0.494 e. The molecule has 0 spiro atoms. The number of aryl methyl sites for hydroxylation is 2. The first-order valence-electron chi connectivity index (χ1n) is 9.09. The average Bonchev–Trinajstić information content (AvgIpc) is 3.14. The van der Waals surface area contributed by atoms with Crippen molar-refractivity contribution in [3.8, 4) is 17.0 Å². The van der Waals surface area contributed by atoms with Crippen molar-refractivity contribution in [3.05, 3.63) is 60.3 Å². The number of pyridine rings is 1. The molecule has 0 aliphatic heterocycles. The number of ether oxygens (including phenoxy) is 1. The molecule has 142 valence electrons. The molecule has 0 amide bonds. The molecule has 0 aliphatic rings. The van der Waals surface area contributed by atoms with Crippen molar-refractivity contribution in [2.75, 3.05) is 12.4 Å².